The quantitative estimate of drug-likeness (QED) is 0.782. The van der Waals surface area contributed by atoms with Gasteiger partial charge in [-0.15, -0.1) is 11.3 Å². The molecule has 0 unspecified atom stereocenters. The lowest BCUT2D eigenvalue weighted by atomic mass is 10.2. The van der Waals surface area contributed by atoms with Crippen molar-refractivity contribution in [1.29, 1.82) is 0 Å². The highest BCUT2D eigenvalue weighted by Gasteiger charge is 2.01. The molecule has 2 aromatic heterocycles. The maximum Gasteiger partial charge on any atom is 0.193 e. The number of nitrogens with zero attached hydrogens (tertiary/aromatic N) is 2. The Hall–Kier alpha value is -0.870. The SMILES string of the molecule is CC(C)CNCCCc1cn2ccsc2n1. The molecule has 0 aliphatic carbocycles. The van der Waals surface area contributed by atoms with Gasteiger partial charge in [-0.1, -0.05) is 13.8 Å². The molecular weight excluding hydrogens is 218 g/mol. The third kappa shape index (κ3) is 3.06. The summed E-state index contributed by atoms with van der Waals surface area (Å²) in [6.07, 6.45) is 6.43. The lowest BCUT2D eigenvalue weighted by Gasteiger charge is -2.05. The van der Waals surface area contributed by atoms with Gasteiger partial charge in [-0.2, -0.15) is 0 Å². The summed E-state index contributed by atoms with van der Waals surface area (Å²) in [5.74, 6) is 0.734. The molecular formula is C12H19N3S. The van der Waals surface area contributed by atoms with Gasteiger partial charge in [0, 0.05) is 17.8 Å². The van der Waals surface area contributed by atoms with Crippen LogP contribution < -0.4 is 5.32 Å². The Bertz CT molecular complexity index is 402. The smallest absolute Gasteiger partial charge is 0.193 e. The van der Waals surface area contributed by atoms with Gasteiger partial charge in [0.2, 0.25) is 0 Å². The molecule has 0 saturated heterocycles. The van der Waals surface area contributed by atoms with Gasteiger partial charge in [-0.05, 0) is 31.8 Å². The zero-order valence-electron chi connectivity index (χ0n) is 9.94. The summed E-state index contributed by atoms with van der Waals surface area (Å²) < 4.78 is 2.10. The lowest BCUT2D eigenvalue weighted by molar-refractivity contribution is 0.542. The van der Waals surface area contributed by atoms with Gasteiger partial charge >= 0.3 is 0 Å². The lowest BCUT2D eigenvalue weighted by Crippen LogP contribution is -2.21. The fourth-order valence-corrected chi connectivity index (χ4v) is 2.40. The first kappa shape index (κ1) is 11.6. The number of fused-ring (bicyclic) bond motifs is 1. The zero-order valence-corrected chi connectivity index (χ0v) is 10.8. The maximum atomic E-state index is 4.56. The molecule has 0 aromatic carbocycles. The molecule has 2 rings (SSSR count). The van der Waals surface area contributed by atoms with Crippen molar-refractivity contribution < 1.29 is 0 Å². The predicted molar refractivity (Wildman–Crippen MR) is 69.1 cm³/mol. The van der Waals surface area contributed by atoms with Gasteiger partial charge in [0.25, 0.3) is 0 Å². The number of rotatable bonds is 6. The molecule has 2 heterocycles. The monoisotopic (exact) mass is 237 g/mol. The number of aromatic nitrogens is 2. The average Bonchev–Trinajstić information content (AvgIpc) is 2.76. The van der Waals surface area contributed by atoms with Gasteiger partial charge in [0.05, 0.1) is 5.69 Å². The number of aryl methyl sites for hydroxylation is 1. The standard InChI is InChI=1S/C12H19N3S/c1-10(2)8-13-5-3-4-11-9-15-6-7-16-12(15)14-11/h6-7,9-10,13H,3-5,8H2,1-2H3. The summed E-state index contributed by atoms with van der Waals surface area (Å²) in [6, 6.07) is 0. The van der Waals surface area contributed by atoms with Gasteiger partial charge in [0.15, 0.2) is 4.96 Å². The number of nitrogens with one attached hydrogen (secondary N) is 1. The zero-order chi connectivity index (χ0) is 11.4. The minimum absolute atomic E-state index is 0.734. The fraction of sp³-hybridized carbons (Fsp3) is 0.583. The number of thiazole rings is 1. The first-order chi connectivity index (χ1) is 7.75. The van der Waals surface area contributed by atoms with Crippen LogP contribution in [0.3, 0.4) is 0 Å². The van der Waals surface area contributed by atoms with Crippen LogP contribution in [0.1, 0.15) is 26.0 Å². The average molecular weight is 237 g/mol. The summed E-state index contributed by atoms with van der Waals surface area (Å²) >= 11 is 1.69. The molecule has 2 aromatic rings. The normalized spacial score (nSPS) is 11.7. The minimum atomic E-state index is 0.734. The van der Waals surface area contributed by atoms with Crippen LogP contribution in [-0.4, -0.2) is 22.5 Å². The first-order valence-corrected chi connectivity index (χ1v) is 6.75. The van der Waals surface area contributed by atoms with E-state index < -0.39 is 0 Å². The highest BCUT2D eigenvalue weighted by Crippen LogP contribution is 2.12. The molecule has 0 bridgehead atoms. The second-order valence-corrected chi connectivity index (χ2v) is 5.40. The van der Waals surface area contributed by atoms with Crippen molar-refractivity contribution in [1.82, 2.24) is 14.7 Å². The summed E-state index contributed by atoms with van der Waals surface area (Å²) in [4.78, 5) is 5.66. The molecule has 0 aliphatic rings. The van der Waals surface area contributed by atoms with E-state index in [1.54, 1.807) is 11.3 Å². The Morgan fingerprint density at radius 2 is 2.38 bits per heavy atom. The second-order valence-electron chi connectivity index (χ2n) is 4.53. The van der Waals surface area contributed by atoms with E-state index in [0.29, 0.717) is 0 Å². The molecule has 88 valence electrons. The van der Waals surface area contributed by atoms with E-state index in [1.807, 2.05) is 0 Å². The van der Waals surface area contributed by atoms with Gasteiger partial charge in [-0.25, -0.2) is 4.98 Å². The molecule has 3 nitrogen and oxygen atoms in total. The van der Waals surface area contributed by atoms with E-state index in [1.165, 1.54) is 5.69 Å². The van der Waals surface area contributed by atoms with Crippen LogP contribution in [-0.2, 0) is 6.42 Å². The molecule has 0 atom stereocenters. The predicted octanol–water partition coefficient (Wildman–Crippen LogP) is 2.57. The Morgan fingerprint density at radius 1 is 1.50 bits per heavy atom. The molecule has 0 fully saturated rings. The van der Waals surface area contributed by atoms with Gasteiger partial charge in [0.1, 0.15) is 0 Å². The summed E-state index contributed by atoms with van der Waals surface area (Å²) in [6.45, 7) is 6.66. The maximum absolute atomic E-state index is 4.56. The Labute approximate surface area is 101 Å². The Balaban J connectivity index is 1.72. The van der Waals surface area contributed by atoms with E-state index in [4.69, 9.17) is 0 Å². The van der Waals surface area contributed by atoms with Gasteiger partial charge < -0.3 is 5.32 Å². The summed E-state index contributed by atoms with van der Waals surface area (Å²) in [7, 11) is 0. The number of imidazole rings is 1. The van der Waals surface area contributed by atoms with Crippen LogP contribution in [0.4, 0.5) is 0 Å². The fourth-order valence-electron chi connectivity index (χ4n) is 1.68. The highest BCUT2D eigenvalue weighted by molar-refractivity contribution is 7.15. The van der Waals surface area contributed by atoms with Crippen molar-refractivity contribution in [3.8, 4) is 0 Å². The van der Waals surface area contributed by atoms with Crippen molar-refractivity contribution in [2.24, 2.45) is 5.92 Å². The van der Waals surface area contributed by atoms with E-state index in [-0.39, 0.29) is 0 Å². The first-order valence-electron chi connectivity index (χ1n) is 5.87. The molecule has 16 heavy (non-hydrogen) atoms. The Morgan fingerprint density at radius 3 is 3.12 bits per heavy atom. The van der Waals surface area contributed by atoms with Crippen LogP contribution in [0.5, 0.6) is 0 Å². The molecule has 0 amide bonds. The second kappa shape index (κ2) is 5.46. The molecule has 4 heteroatoms. The van der Waals surface area contributed by atoms with Crippen LogP contribution in [0.25, 0.3) is 4.96 Å². The largest absolute Gasteiger partial charge is 0.316 e. The van der Waals surface area contributed by atoms with Crippen LogP contribution >= 0.6 is 11.3 Å². The van der Waals surface area contributed by atoms with Crippen molar-refractivity contribution in [2.75, 3.05) is 13.1 Å². The summed E-state index contributed by atoms with van der Waals surface area (Å²) in [5, 5.41) is 5.52. The third-order valence-electron chi connectivity index (χ3n) is 2.48. The third-order valence-corrected chi connectivity index (χ3v) is 3.25. The van der Waals surface area contributed by atoms with Crippen molar-refractivity contribution in [3.63, 3.8) is 0 Å². The molecule has 1 N–H and O–H groups in total. The van der Waals surface area contributed by atoms with Crippen molar-refractivity contribution >= 4 is 16.3 Å². The van der Waals surface area contributed by atoms with E-state index in [9.17, 15) is 0 Å². The van der Waals surface area contributed by atoms with Crippen molar-refractivity contribution in [2.45, 2.75) is 26.7 Å². The molecule has 0 saturated carbocycles. The minimum Gasteiger partial charge on any atom is -0.316 e. The topological polar surface area (TPSA) is 29.3 Å². The molecule has 0 aliphatic heterocycles. The van der Waals surface area contributed by atoms with Gasteiger partial charge in [-0.3, -0.25) is 4.40 Å². The highest BCUT2D eigenvalue weighted by atomic mass is 32.1. The van der Waals surface area contributed by atoms with Crippen LogP contribution in [0.2, 0.25) is 0 Å². The number of hydrogen-bond acceptors (Lipinski definition) is 3. The molecule has 0 radical (unpaired) electrons. The van der Waals surface area contributed by atoms with Crippen LogP contribution in [0, 0.1) is 5.92 Å². The van der Waals surface area contributed by atoms with E-state index in [0.717, 1.165) is 36.8 Å². The van der Waals surface area contributed by atoms with E-state index >= 15 is 0 Å². The van der Waals surface area contributed by atoms with E-state index in [2.05, 4.69) is 46.3 Å². The Kier molecular flexibility index (Phi) is 3.96. The van der Waals surface area contributed by atoms with Crippen molar-refractivity contribution in [3.05, 3.63) is 23.5 Å². The summed E-state index contributed by atoms with van der Waals surface area (Å²) in [5.41, 5.74) is 1.21. The molecule has 0 spiro atoms. The van der Waals surface area contributed by atoms with Crippen LogP contribution in [0.15, 0.2) is 17.8 Å². The number of hydrogen-bond donors (Lipinski definition) is 1.